The fourth-order valence-electron chi connectivity index (χ4n) is 1.60. The van der Waals surface area contributed by atoms with Crippen LogP contribution in [0.15, 0.2) is 0 Å². The van der Waals surface area contributed by atoms with Gasteiger partial charge in [0.1, 0.15) is 5.60 Å². The summed E-state index contributed by atoms with van der Waals surface area (Å²) in [6, 6.07) is 0. The van der Waals surface area contributed by atoms with E-state index in [1.165, 1.54) is 0 Å². The van der Waals surface area contributed by atoms with Gasteiger partial charge in [0.25, 0.3) is 0 Å². The van der Waals surface area contributed by atoms with Crippen LogP contribution in [0.2, 0.25) is 0 Å². The molecule has 1 saturated heterocycles. The van der Waals surface area contributed by atoms with Crippen LogP contribution in [0.4, 0.5) is 4.79 Å². The van der Waals surface area contributed by atoms with Gasteiger partial charge < -0.3 is 20.1 Å². The van der Waals surface area contributed by atoms with Crippen molar-refractivity contribution in [2.75, 3.05) is 26.2 Å². The van der Waals surface area contributed by atoms with Crippen molar-refractivity contribution < 1.29 is 14.3 Å². The van der Waals surface area contributed by atoms with Crippen LogP contribution in [0.25, 0.3) is 0 Å². The number of hydrogen-bond donors (Lipinski definition) is 2. The second kappa shape index (κ2) is 6.81. The monoisotopic (exact) mass is 244 g/mol. The number of amides is 1. The summed E-state index contributed by atoms with van der Waals surface area (Å²) in [5.74, 6) is 0. The first-order valence-electron chi connectivity index (χ1n) is 6.26. The molecule has 0 aromatic rings. The van der Waals surface area contributed by atoms with Gasteiger partial charge in [-0.05, 0) is 40.2 Å². The van der Waals surface area contributed by atoms with Gasteiger partial charge in [-0.1, -0.05) is 0 Å². The Labute approximate surface area is 103 Å². The topological polar surface area (TPSA) is 59.6 Å². The van der Waals surface area contributed by atoms with Gasteiger partial charge in [0, 0.05) is 19.7 Å². The number of carbonyl (C=O) groups is 1. The number of ether oxygens (including phenoxy) is 2. The SMILES string of the molecule is CC(C)(C)OC(=O)NCCC1CNCCCO1. The van der Waals surface area contributed by atoms with E-state index in [1.807, 2.05) is 20.8 Å². The molecule has 1 rings (SSSR count). The third kappa shape index (κ3) is 7.18. The van der Waals surface area contributed by atoms with Gasteiger partial charge in [-0.25, -0.2) is 4.79 Å². The van der Waals surface area contributed by atoms with Crippen molar-refractivity contribution in [3.8, 4) is 0 Å². The molecule has 0 spiro atoms. The van der Waals surface area contributed by atoms with Gasteiger partial charge in [-0.2, -0.15) is 0 Å². The number of hydrogen-bond acceptors (Lipinski definition) is 4. The zero-order valence-corrected chi connectivity index (χ0v) is 11.0. The molecule has 1 amide bonds. The zero-order chi connectivity index (χ0) is 12.7. The average molecular weight is 244 g/mol. The molecule has 1 unspecified atom stereocenters. The first-order valence-corrected chi connectivity index (χ1v) is 6.26. The fraction of sp³-hybridized carbons (Fsp3) is 0.917. The highest BCUT2D eigenvalue weighted by Crippen LogP contribution is 2.06. The van der Waals surface area contributed by atoms with Crippen molar-refractivity contribution in [3.05, 3.63) is 0 Å². The molecule has 5 heteroatoms. The maximum atomic E-state index is 11.4. The summed E-state index contributed by atoms with van der Waals surface area (Å²) in [7, 11) is 0. The second-order valence-corrected chi connectivity index (χ2v) is 5.27. The molecule has 100 valence electrons. The largest absolute Gasteiger partial charge is 0.444 e. The Balaban J connectivity index is 2.12. The lowest BCUT2D eigenvalue weighted by molar-refractivity contribution is 0.0467. The van der Waals surface area contributed by atoms with Crippen LogP contribution in [0.5, 0.6) is 0 Å². The van der Waals surface area contributed by atoms with Gasteiger partial charge >= 0.3 is 6.09 Å². The lowest BCUT2D eigenvalue weighted by atomic mass is 10.2. The number of rotatable bonds is 3. The molecule has 0 saturated carbocycles. The smallest absolute Gasteiger partial charge is 0.407 e. The van der Waals surface area contributed by atoms with Crippen molar-refractivity contribution in [3.63, 3.8) is 0 Å². The molecule has 1 heterocycles. The van der Waals surface area contributed by atoms with Crippen LogP contribution in [0, 0.1) is 0 Å². The van der Waals surface area contributed by atoms with Crippen molar-refractivity contribution in [2.45, 2.75) is 45.3 Å². The summed E-state index contributed by atoms with van der Waals surface area (Å²) >= 11 is 0. The van der Waals surface area contributed by atoms with Crippen molar-refractivity contribution in [1.82, 2.24) is 10.6 Å². The average Bonchev–Trinajstić information content (AvgIpc) is 2.43. The van der Waals surface area contributed by atoms with E-state index < -0.39 is 5.60 Å². The minimum absolute atomic E-state index is 0.187. The van der Waals surface area contributed by atoms with E-state index in [0.717, 1.165) is 32.5 Å². The summed E-state index contributed by atoms with van der Waals surface area (Å²) in [4.78, 5) is 11.4. The fourth-order valence-corrected chi connectivity index (χ4v) is 1.60. The van der Waals surface area contributed by atoms with Crippen LogP contribution >= 0.6 is 0 Å². The van der Waals surface area contributed by atoms with E-state index in [0.29, 0.717) is 6.54 Å². The highest BCUT2D eigenvalue weighted by atomic mass is 16.6. The first-order chi connectivity index (χ1) is 7.97. The van der Waals surface area contributed by atoms with Gasteiger partial charge in [0.2, 0.25) is 0 Å². The molecule has 0 aliphatic carbocycles. The molecule has 1 atom stereocenters. The zero-order valence-electron chi connectivity index (χ0n) is 11.0. The maximum absolute atomic E-state index is 11.4. The molecule has 0 bridgehead atoms. The first kappa shape index (κ1) is 14.3. The van der Waals surface area contributed by atoms with E-state index in [1.54, 1.807) is 0 Å². The number of nitrogens with one attached hydrogen (secondary N) is 2. The molecule has 2 N–H and O–H groups in total. The van der Waals surface area contributed by atoms with Gasteiger partial charge in [-0.3, -0.25) is 0 Å². The molecule has 1 aliphatic rings. The molecule has 0 aromatic heterocycles. The minimum Gasteiger partial charge on any atom is -0.444 e. The summed E-state index contributed by atoms with van der Waals surface area (Å²) in [6.45, 7) is 8.80. The quantitative estimate of drug-likeness (QED) is 0.785. The highest BCUT2D eigenvalue weighted by molar-refractivity contribution is 5.67. The minimum atomic E-state index is -0.440. The normalized spacial score (nSPS) is 21.7. The Bertz CT molecular complexity index is 230. The van der Waals surface area contributed by atoms with E-state index in [2.05, 4.69) is 10.6 Å². The Kier molecular flexibility index (Phi) is 5.71. The molecule has 0 aromatic carbocycles. The molecule has 0 radical (unpaired) electrons. The summed E-state index contributed by atoms with van der Waals surface area (Å²) in [6.07, 6.45) is 1.69. The van der Waals surface area contributed by atoms with Crippen LogP contribution in [0.3, 0.4) is 0 Å². The third-order valence-electron chi connectivity index (χ3n) is 2.36. The maximum Gasteiger partial charge on any atom is 0.407 e. The predicted molar refractivity (Wildman–Crippen MR) is 66.1 cm³/mol. The molecule has 17 heavy (non-hydrogen) atoms. The van der Waals surface area contributed by atoms with Crippen molar-refractivity contribution in [2.24, 2.45) is 0 Å². The lowest BCUT2D eigenvalue weighted by Crippen LogP contribution is -2.35. The van der Waals surface area contributed by atoms with Crippen molar-refractivity contribution >= 4 is 6.09 Å². The second-order valence-electron chi connectivity index (χ2n) is 5.27. The Morgan fingerprint density at radius 3 is 3.00 bits per heavy atom. The summed E-state index contributed by atoms with van der Waals surface area (Å²) in [5, 5.41) is 6.04. The van der Waals surface area contributed by atoms with E-state index >= 15 is 0 Å². The number of carbonyl (C=O) groups excluding carboxylic acids is 1. The Morgan fingerprint density at radius 2 is 2.29 bits per heavy atom. The van der Waals surface area contributed by atoms with E-state index in [4.69, 9.17) is 9.47 Å². The lowest BCUT2D eigenvalue weighted by Gasteiger charge is -2.20. The molecular weight excluding hydrogens is 220 g/mol. The van der Waals surface area contributed by atoms with Gasteiger partial charge in [0.15, 0.2) is 0 Å². The molecule has 1 fully saturated rings. The van der Waals surface area contributed by atoms with Crippen LogP contribution in [-0.4, -0.2) is 44.0 Å². The molecular formula is C12H24N2O3. The van der Waals surface area contributed by atoms with E-state index in [9.17, 15) is 4.79 Å². The predicted octanol–water partition coefficient (Wildman–Crippen LogP) is 1.28. The third-order valence-corrected chi connectivity index (χ3v) is 2.36. The summed E-state index contributed by atoms with van der Waals surface area (Å²) < 4.78 is 10.8. The standard InChI is InChI=1S/C12H24N2O3/c1-12(2,3)17-11(15)14-7-5-10-9-13-6-4-8-16-10/h10,13H,4-9H2,1-3H3,(H,14,15). The van der Waals surface area contributed by atoms with Crippen molar-refractivity contribution in [1.29, 1.82) is 0 Å². The Morgan fingerprint density at radius 1 is 1.53 bits per heavy atom. The number of alkyl carbamates (subject to hydrolysis) is 1. The van der Waals surface area contributed by atoms with Crippen LogP contribution < -0.4 is 10.6 Å². The Hall–Kier alpha value is -0.810. The van der Waals surface area contributed by atoms with Gasteiger partial charge in [-0.15, -0.1) is 0 Å². The molecule has 1 aliphatic heterocycles. The van der Waals surface area contributed by atoms with Gasteiger partial charge in [0.05, 0.1) is 6.10 Å². The highest BCUT2D eigenvalue weighted by Gasteiger charge is 2.17. The van der Waals surface area contributed by atoms with Crippen LogP contribution in [-0.2, 0) is 9.47 Å². The van der Waals surface area contributed by atoms with E-state index in [-0.39, 0.29) is 12.2 Å². The molecule has 5 nitrogen and oxygen atoms in total. The van der Waals surface area contributed by atoms with Crippen LogP contribution in [0.1, 0.15) is 33.6 Å². The summed E-state index contributed by atoms with van der Waals surface area (Å²) in [5.41, 5.74) is -0.440.